The van der Waals surface area contributed by atoms with Crippen LogP contribution in [0.25, 0.3) is 0 Å². The van der Waals surface area contributed by atoms with E-state index >= 15 is 0 Å². The second-order valence-corrected chi connectivity index (χ2v) is 4.66. The number of hydrogen-bond acceptors (Lipinski definition) is 5. The van der Waals surface area contributed by atoms with Crippen molar-refractivity contribution in [1.29, 1.82) is 0 Å². The molecule has 1 aromatic rings. The standard InChI is InChI=1S/C11H18N4O2/c1-11(2,15(3)4)7-13-9-6-12-5-8(14-9)10(16)17/h5-6H,7H2,1-4H3,(H,13,14)(H,16,17). The van der Waals surface area contributed by atoms with E-state index in [1.807, 2.05) is 14.1 Å². The maximum atomic E-state index is 10.7. The maximum absolute atomic E-state index is 10.7. The maximum Gasteiger partial charge on any atom is 0.356 e. The molecular weight excluding hydrogens is 220 g/mol. The van der Waals surface area contributed by atoms with E-state index in [0.717, 1.165) is 0 Å². The molecule has 0 aliphatic heterocycles. The van der Waals surface area contributed by atoms with Gasteiger partial charge in [0.2, 0.25) is 0 Å². The van der Waals surface area contributed by atoms with Crippen molar-refractivity contribution >= 4 is 11.8 Å². The van der Waals surface area contributed by atoms with Gasteiger partial charge in [-0.2, -0.15) is 0 Å². The summed E-state index contributed by atoms with van der Waals surface area (Å²) in [4.78, 5) is 20.6. The summed E-state index contributed by atoms with van der Waals surface area (Å²) >= 11 is 0. The number of aromatic carboxylic acids is 1. The van der Waals surface area contributed by atoms with Gasteiger partial charge in [-0.3, -0.25) is 4.98 Å². The average Bonchev–Trinajstić information content (AvgIpc) is 2.26. The van der Waals surface area contributed by atoms with Gasteiger partial charge in [0.15, 0.2) is 5.69 Å². The lowest BCUT2D eigenvalue weighted by Crippen LogP contribution is -2.44. The van der Waals surface area contributed by atoms with Gasteiger partial charge in [-0.15, -0.1) is 0 Å². The van der Waals surface area contributed by atoms with E-state index in [2.05, 4.69) is 34.0 Å². The first kappa shape index (κ1) is 13.4. The molecule has 0 aromatic carbocycles. The summed E-state index contributed by atoms with van der Waals surface area (Å²) in [6.07, 6.45) is 2.74. The fourth-order valence-electron chi connectivity index (χ4n) is 1.02. The van der Waals surface area contributed by atoms with Gasteiger partial charge in [-0.25, -0.2) is 9.78 Å². The van der Waals surface area contributed by atoms with Crippen LogP contribution in [0.15, 0.2) is 12.4 Å². The van der Waals surface area contributed by atoms with Crippen molar-refractivity contribution in [2.24, 2.45) is 0 Å². The van der Waals surface area contributed by atoms with Gasteiger partial charge in [0, 0.05) is 12.1 Å². The number of hydrogen-bond donors (Lipinski definition) is 2. The minimum Gasteiger partial charge on any atom is -0.476 e. The lowest BCUT2D eigenvalue weighted by atomic mass is 10.0. The number of carbonyl (C=O) groups is 1. The van der Waals surface area contributed by atoms with Crippen molar-refractivity contribution in [2.75, 3.05) is 26.0 Å². The van der Waals surface area contributed by atoms with Crippen LogP contribution in [0.5, 0.6) is 0 Å². The third-order valence-corrected chi connectivity index (χ3v) is 2.77. The number of nitrogens with zero attached hydrogens (tertiary/aromatic N) is 3. The zero-order valence-corrected chi connectivity index (χ0v) is 10.6. The van der Waals surface area contributed by atoms with Gasteiger partial charge in [0.1, 0.15) is 5.82 Å². The summed E-state index contributed by atoms with van der Waals surface area (Å²) in [5.41, 5.74) is -0.112. The molecule has 0 radical (unpaired) electrons. The number of likely N-dealkylation sites (N-methyl/N-ethyl adjacent to an activating group) is 1. The molecule has 0 fully saturated rings. The molecule has 6 nitrogen and oxygen atoms in total. The Labute approximate surface area is 101 Å². The molecule has 2 N–H and O–H groups in total. The van der Waals surface area contributed by atoms with Crippen LogP contribution >= 0.6 is 0 Å². The number of carboxylic acid groups (broad SMARTS) is 1. The van der Waals surface area contributed by atoms with Crippen molar-refractivity contribution < 1.29 is 9.90 Å². The molecule has 6 heteroatoms. The van der Waals surface area contributed by atoms with Gasteiger partial charge in [-0.05, 0) is 27.9 Å². The van der Waals surface area contributed by atoms with E-state index in [-0.39, 0.29) is 11.2 Å². The molecule has 0 aliphatic rings. The summed E-state index contributed by atoms with van der Waals surface area (Å²) < 4.78 is 0. The topological polar surface area (TPSA) is 78.4 Å². The van der Waals surface area contributed by atoms with Crippen LogP contribution in [-0.2, 0) is 0 Å². The van der Waals surface area contributed by atoms with Crippen molar-refractivity contribution in [3.8, 4) is 0 Å². The fraction of sp³-hybridized carbons (Fsp3) is 0.545. The quantitative estimate of drug-likeness (QED) is 0.794. The predicted molar refractivity (Wildman–Crippen MR) is 65.2 cm³/mol. The Hall–Kier alpha value is -1.69. The molecule has 0 saturated carbocycles. The zero-order chi connectivity index (χ0) is 13.1. The first-order chi connectivity index (χ1) is 7.83. The molecule has 0 spiro atoms. The van der Waals surface area contributed by atoms with Gasteiger partial charge in [-0.1, -0.05) is 0 Å². The Morgan fingerprint density at radius 2 is 2.12 bits per heavy atom. The summed E-state index contributed by atoms with van der Waals surface area (Å²) in [7, 11) is 3.97. The Morgan fingerprint density at radius 3 is 2.65 bits per heavy atom. The second-order valence-electron chi connectivity index (χ2n) is 4.66. The minimum absolute atomic E-state index is 0.0547. The first-order valence-electron chi connectivity index (χ1n) is 5.29. The average molecular weight is 238 g/mol. The Bertz CT molecular complexity index is 404. The van der Waals surface area contributed by atoms with Crippen LogP contribution in [-0.4, -0.2) is 52.1 Å². The van der Waals surface area contributed by atoms with E-state index in [1.165, 1.54) is 12.4 Å². The molecule has 0 aliphatic carbocycles. The molecule has 0 amide bonds. The van der Waals surface area contributed by atoms with E-state index in [4.69, 9.17) is 5.11 Å². The summed E-state index contributed by atoms with van der Waals surface area (Å²) in [6, 6.07) is 0. The van der Waals surface area contributed by atoms with Crippen LogP contribution in [0.1, 0.15) is 24.3 Å². The number of aromatic nitrogens is 2. The first-order valence-corrected chi connectivity index (χ1v) is 5.29. The molecular formula is C11H18N4O2. The highest BCUT2D eigenvalue weighted by molar-refractivity contribution is 5.85. The molecule has 1 aromatic heterocycles. The monoisotopic (exact) mass is 238 g/mol. The van der Waals surface area contributed by atoms with Gasteiger partial charge in [0.05, 0.1) is 12.4 Å². The third-order valence-electron chi connectivity index (χ3n) is 2.77. The van der Waals surface area contributed by atoms with Crippen molar-refractivity contribution in [1.82, 2.24) is 14.9 Å². The van der Waals surface area contributed by atoms with Crippen LogP contribution in [0, 0.1) is 0 Å². The number of carboxylic acids is 1. The van der Waals surface area contributed by atoms with Gasteiger partial charge >= 0.3 is 5.97 Å². The van der Waals surface area contributed by atoms with Crippen LogP contribution in [0.2, 0.25) is 0 Å². The van der Waals surface area contributed by atoms with E-state index < -0.39 is 5.97 Å². The molecule has 1 heterocycles. The lowest BCUT2D eigenvalue weighted by molar-refractivity contribution is 0.0690. The van der Waals surface area contributed by atoms with Crippen molar-refractivity contribution in [2.45, 2.75) is 19.4 Å². The minimum atomic E-state index is -1.08. The van der Waals surface area contributed by atoms with Gasteiger partial charge in [0.25, 0.3) is 0 Å². The SMILES string of the molecule is CN(C)C(C)(C)CNc1cncc(C(=O)O)n1. The molecule has 17 heavy (non-hydrogen) atoms. The summed E-state index contributed by atoms with van der Waals surface area (Å²) in [5.74, 6) is -0.604. The largest absolute Gasteiger partial charge is 0.476 e. The molecule has 0 saturated heterocycles. The highest BCUT2D eigenvalue weighted by Crippen LogP contribution is 2.11. The van der Waals surface area contributed by atoms with Crippen molar-refractivity contribution in [3.05, 3.63) is 18.1 Å². The Kier molecular flexibility index (Phi) is 4.01. The highest BCUT2D eigenvalue weighted by Gasteiger charge is 2.20. The molecule has 0 atom stereocenters. The number of anilines is 1. The Morgan fingerprint density at radius 1 is 1.47 bits per heavy atom. The Balaban J connectivity index is 2.70. The zero-order valence-electron chi connectivity index (χ0n) is 10.6. The lowest BCUT2D eigenvalue weighted by Gasteiger charge is -2.32. The number of rotatable bonds is 5. The summed E-state index contributed by atoms with van der Waals surface area (Å²) in [5, 5.41) is 11.9. The number of nitrogens with one attached hydrogen (secondary N) is 1. The van der Waals surface area contributed by atoms with Crippen LogP contribution < -0.4 is 5.32 Å². The van der Waals surface area contributed by atoms with Crippen molar-refractivity contribution in [3.63, 3.8) is 0 Å². The summed E-state index contributed by atoms with van der Waals surface area (Å²) in [6.45, 7) is 4.81. The van der Waals surface area contributed by atoms with E-state index in [9.17, 15) is 4.79 Å². The normalized spacial score (nSPS) is 11.6. The molecule has 94 valence electrons. The predicted octanol–water partition coefficient (Wildman–Crippen LogP) is 0.927. The fourth-order valence-corrected chi connectivity index (χ4v) is 1.02. The molecule has 0 bridgehead atoms. The van der Waals surface area contributed by atoms with Gasteiger partial charge < -0.3 is 15.3 Å². The van der Waals surface area contributed by atoms with Crippen LogP contribution in [0.4, 0.5) is 5.82 Å². The van der Waals surface area contributed by atoms with E-state index in [0.29, 0.717) is 12.4 Å². The molecule has 0 unspecified atom stereocenters. The van der Waals surface area contributed by atoms with Crippen LogP contribution in [0.3, 0.4) is 0 Å². The molecule has 1 rings (SSSR count). The third kappa shape index (κ3) is 3.67. The smallest absolute Gasteiger partial charge is 0.356 e. The second kappa shape index (κ2) is 5.09. The highest BCUT2D eigenvalue weighted by atomic mass is 16.4. The van der Waals surface area contributed by atoms with E-state index in [1.54, 1.807) is 0 Å².